The van der Waals surface area contributed by atoms with Gasteiger partial charge < -0.3 is 9.47 Å². The van der Waals surface area contributed by atoms with Crippen molar-refractivity contribution in [3.8, 4) is 0 Å². The molecule has 14 heavy (non-hydrogen) atoms. The van der Waals surface area contributed by atoms with Gasteiger partial charge in [0.05, 0.1) is 12.7 Å². The molecule has 1 fully saturated rings. The van der Waals surface area contributed by atoms with Gasteiger partial charge in [0.25, 0.3) is 0 Å². The van der Waals surface area contributed by atoms with Crippen molar-refractivity contribution in [1.29, 1.82) is 0 Å². The SMILES string of the molecule is CC(CCCl)CCOCC1CCCO1. The summed E-state index contributed by atoms with van der Waals surface area (Å²) >= 11 is 5.65. The lowest BCUT2D eigenvalue weighted by molar-refractivity contribution is 0.0137. The summed E-state index contributed by atoms with van der Waals surface area (Å²) in [4.78, 5) is 0. The van der Waals surface area contributed by atoms with E-state index in [0.717, 1.165) is 45.0 Å². The molecule has 0 aromatic rings. The van der Waals surface area contributed by atoms with Gasteiger partial charge in [0.2, 0.25) is 0 Å². The zero-order chi connectivity index (χ0) is 10.2. The van der Waals surface area contributed by atoms with Crippen LogP contribution in [0.2, 0.25) is 0 Å². The molecule has 0 aliphatic carbocycles. The summed E-state index contributed by atoms with van der Waals surface area (Å²) in [7, 11) is 0. The van der Waals surface area contributed by atoms with E-state index in [1.807, 2.05) is 0 Å². The fourth-order valence-electron chi connectivity index (χ4n) is 1.61. The Bertz CT molecular complexity index is 135. The van der Waals surface area contributed by atoms with Crippen LogP contribution in [0.15, 0.2) is 0 Å². The van der Waals surface area contributed by atoms with Crippen LogP contribution in [-0.2, 0) is 9.47 Å². The van der Waals surface area contributed by atoms with Gasteiger partial charge >= 0.3 is 0 Å². The summed E-state index contributed by atoms with van der Waals surface area (Å²) in [6, 6.07) is 0. The smallest absolute Gasteiger partial charge is 0.0809 e. The van der Waals surface area contributed by atoms with Crippen LogP contribution in [-0.4, -0.2) is 31.8 Å². The first-order chi connectivity index (χ1) is 6.83. The highest BCUT2D eigenvalue weighted by molar-refractivity contribution is 6.17. The van der Waals surface area contributed by atoms with E-state index < -0.39 is 0 Å². The Balaban J connectivity index is 1.88. The second kappa shape index (κ2) is 7.49. The van der Waals surface area contributed by atoms with Gasteiger partial charge in [-0.05, 0) is 31.6 Å². The number of alkyl halides is 1. The summed E-state index contributed by atoms with van der Waals surface area (Å²) in [5.41, 5.74) is 0. The van der Waals surface area contributed by atoms with E-state index >= 15 is 0 Å². The first kappa shape index (κ1) is 12.3. The van der Waals surface area contributed by atoms with E-state index in [9.17, 15) is 0 Å². The maximum absolute atomic E-state index is 5.65. The number of halogens is 1. The van der Waals surface area contributed by atoms with Gasteiger partial charge in [-0.25, -0.2) is 0 Å². The maximum atomic E-state index is 5.65. The quantitative estimate of drug-likeness (QED) is 0.485. The summed E-state index contributed by atoms with van der Waals surface area (Å²) in [6.07, 6.45) is 4.91. The van der Waals surface area contributed by atoms with Crippen LogP contribution in [0.1, 0.15) is 32.6 Å². The summed E-state index contributed by atoms with van der Waals surface area (Å²) < 4.78 is 11.0. The second-order valence-electron chi connectivity index (χ2n) is 4.08. The van der Waals surface area contributed by atoms with Crippen LogP contribution >= 0.6 is 11.6 Å². The van der Waals surface area contributed by atoms with Gasteiger partial charge in [0.1, 0.15) is 0 Å². The average Bonchev–Trinajstić information content (AvgIpc) is 2.65. The molecule has 2 nitrogen and oxygen atoms in total. The number of hydrogen-bond acceptors (Lipinski definition) is 2. The van der Waals surface area contributed by atoms with Gasteiger partial charge in [-0.3, -0.25) is 0 Å². The minimum atomic E-state index is 0.360. The van der Waals surface area contributed by atoms with Gasteiger partial charge in [-0.2, -0.15) is 0 Å². The maximum Gasteiger partial charge on any atom is 0.0809 e. The Hall–Kier alpha value is 0.210. The van der Waals surface area contributed by atoms with Crippen molar-refractivity contribution in [3.63, 3.8) is 0 Å². The highest BCUT2D eigenvalue weighted by Crippen LogP contribution is 2.13. The molecule has 0 aromatic heterocycles. The lowest BCUT2D eigenvalue weighted by atomic mass is 10.1. The lowest BCUT2D eigenvalue weighted by Gasteiger charge is -2.12. The van der Waals surface area contributed by atoms with Crippen molar-refractivity contribution in [2.45, 2.75) is 38.7 Å². The molecule has 0 amide bonds. The van der Waals surface area contributed by atoms with E-state index in [4.69, 9.17) is 21.1 Å². The Morgan fingerprint density at radius 3 is 3.00 bits per heavy atom. The molecule has 0 aromatic carbocycles. The van der Waals surface area contributed by atoms with Crippen molar-refractivity contribution in [3.05, 3.63) is 0 Å². The molecule has 2 atom stereocenters. The number of rotatable bonds is 7. The zero-order valence-corrected chi connectivity index (χ0v) is 9.76. The average molecular weight is 221 g/mol. The van der Waals surface area contributed by atoms with E-state index in [-0.39, 0.29) is 0 Å². The fourth-order valence-corrected chi connectivity index (χ4v) is 1.98. The molecule has 1 heterocycles. The van der Waals surface area contributed by atoms with Crippen LogP contribution in [0.25, 0.3) is 0 Å². The van der Waals surface area contributed by atoms with Gasteiger partial charge in [-0.15, -0.1) is 11.6 Å². The summed E-state index contributed by atoms with van der Waals surface area (Å²) in [5, 5.41) is 0. The third kappa shape index (κ3) is 5.18. The predicted molar refractivity (Wildman–Crippen MR) is 58.9 cm³/mol. The molecule has 3 heteroatoms. The molecule has 1 aliphatic heterocycles. The standard InChI is InChI=1S/C11H21ClO2/c1-10(4-6-12)5-8-13-9-11-3-2-7-14-11/h10-11H,2-9H2,1H3. The molecule has 0 bridgehead atoms. The second-order valence-corrected chi connectivity index (χ2v) is 4.46. The van der Waals surface area contributed by atoms with Crippen molar-refractivity contribution in [2.24, 2.45) is 5.92 Å². The van der Waals surface area contributed by atoms with Crippen LogP contribution in [0, 0.1) is 5.92 Å². The van der Waals surface area contributed by atoms with E-state index in [1.165, 1.54) is 6.42 Å². The first-order valence-electron chi connectivity index (χ1n) is 5.58. The number of ether oxygens (including phenoxy) is 2. The fraction of sp³-hybridized carbons (Fsp3) is 1.00. The molecular formula is C11H21ClO2. The molecule has 0 saturated carbocycles. The third-order valence-electron chi connectivity index (χ3n) is 2.68. The van der Waals surface area contributed by atoms with Gasteiger partial charge in [0, 0.05) is 19.1 Å². The molecule has 2 unspecified atom stereocenters. The molecule has 0 N–H and O–H groups in total. The third-order valence-corrected chi connectivity index (χ3v) is 2.90. The van der Waals surface area contributed by atoms with Crippen LogP contribution in [0.3, 0.4) is 0 Å². The Morgan fingerprint density at radius 2 is 2.36 bits per heavy atom. The highest BCUT2D eigenvalue weighted by Gasteiger charge is 2.15. The Morgan fingerprint density at radius 1 is 1.50 bits per heavy atom. The predicted octanol–water partition coefficient (Wildman–Crippen LogP) is 2.84. The highest BCUT2D eigenvalue weighted by atomic mass is 35.5. The van der Waals surface area contributed by atoms with Crippen LogP contribution < -0.4 is 0 Å². The minimum absolute atomic E-state index is 0.360. The molecule has 0 spiro atoms. The lowest BCUT2D eigenvalue weighted by Crippen LogP contribution is -2.15. The molecule has 84 valence electrons. The molecule has 1 aliphatic rings. The Kier molecular flexibility index (Phi) is 6.57. The van der Waals surface area contributed by atoms with Crippen LogP contribution in [0.5, 0.6) is 0 Å². The van der Waals surface area contributed by atoms with E-state index in [0.29, 0.717) is 12.0 Å². The van der Waals surface area contributed by atoms with Crippen molar-refractivity contribution < 1.29 is 9.47 Å². The van der Waals surface area contributed by atoms with Crippen molar-refractivity contribution in [2.75, 3.05) is 25.7 Å². The summed E-state index contributed by atoms with van der Waals surface area (Å²) in [5.74, 6) is 1.43. The molecule has 0 radical (unpaired) electrons. The van der Waals surface area contributed by atoms with Crippen molar-refractivity contribution in [1.82, 2.24) is 0 Å². The summed E-state index contributed by atoms with van der Waals surface area (Å²) in [6.45, 7) is 4.75. The number of hydrogen-bond donors (Lipinski definition) is 0. The normalized spacial score (nSPS) is 24.0. The molecular weight excluding hydrogens is 200 g/mol. The molecule has 1 saturated heterocycles. The Labute approximate surface area is 91.9 Å². The van der Waals surface area contributed by atoms with Crippen LogP contribution in [0.4, 0.5) is 0 Å². The van der Waals surface area contributed by atoms with E-state index in [2.05, 4.69) is 6.92 Å². The zero-order valence-electron chi connectivity index (χ0n) is 9.01. The minimum Gasteiger partial charge on any atom is -0.379 e. The van der Waals surface area contributed by atoms with E-state index in [1.54, 1.807) is 0 Å². The largest absolute Gasteiger partial charge is 0.379 e. The first-order valence-corrected chi connectivity index (χ1v) is 6.11. The topological polar surface area (TPSA) is 18.5 Å². The van der Waals surface area contributed by atoms with Crippen molar-refractivity contribution >= 4 is 11.6 Å². The molecule has 1 rings (SSSR count). The monoisotopic (exact) mass is 220 g/mol. The van der Waals surface area contributed by atoms with Gasteiger partial charge in [-0.1, -0.05) is 6.92 Å². The van der Waals surface area contributed by atoms with Gasteiger partial charge in [0.15, 0.2) is 0 Å².